The van der Waals surface area contributed by atoms with E-state index in [0.29, 0.717) is 23.7 Å². The molecule has 0 radical (unpaired) electrons. The Labute approximate surface area is 140 Å². The lowest BCUT2D eigenvalue weighted by Gasteiger charge is -2.30. The third-order valence-corrected chi connectivity index (χ3v) is 5.89. The molecule has 0 spiro atoms. The summed E-state index contributed by atoms with van der Waals surface area (Å²) in [6.45, 7) is 11.4. The zero-order valence-electron chi connectivity index (χ0n) is 14.6. The number of rotatable bonds is 5. The van der Waals surface area contributed by atoms with E-state index < -0.39 is 0 Å². The maximum absolute atomic E-state index is 12.6. The van der Waals surface area contributed by atoms with Crippen molar-refractivity contribution in [2.75, 3.05) is 59.0 Å². The van der Waals surface area contributed by atoms with Crippen molar-refractivity contribution in [3.8, 4) is 0 Å². The summed E-state index contributed by atoms with van der Waals surface area (Å²) in [5.74, 6) is 2.23. The number of likely N-dealkylation sites (tertiary alicyclic amines) is 1. The molecule has 132 valence electrons. The van der Waals surface area contributed by atoms with E-state index in [1.165, 1.54) is 19.3 Å². The van der Waals surface area contributed by atoms with Gasteiger partial charge in [0.05, 0.1) is 13.2 Å². The number of amides is 1. The molecule has 0 aromatic heterocycles. The van der Waals surface area contributed by atoms with Crippen LogP contribution in [0.5, 0.6) is 0 Å². The molecule has 3 atom stereocenters. The van der Waals surface area contributed by atoms with Crippen LogP contribution in [0, 0.1) is 17.8 Å². The summed E-state index contributed by atoms with van der Waals surface area (Å²) < 4.78 is 5.41. The van der Waals surface area contributed by atoms with E-state index in [-0.39, 0.29) is 0 Å². The number of hydrogen-bond acceptors (Lipinski definition) is 4. The molecular formula is C18H33N3O2. The Morgan fingerprint density at radius 3 is 2.83 bits per heavy atom. The Hall–Kier alpha value is -0.650. The smallest absolute Gasteiger partial charge is 0.222 e. The van der Waals surface area contributed by atoms with Gasteiger partial charge in [0.25, 0.3) is 0 Å². The van der Waals surface area contributed by atoms with E-state index >= 15 is 0 Å². The topological polar surface area (TPSA) is 44.8 Å². The van der Waals surface area contributed by atoms with Crippen molar-refractivity contribution in [1.82, 2.24) is 15.1 Å². The van der Waals surface area contributed by atoms with Crippen molar-refractivity contribution < 1.29 is 9.53 Å². The highest BCUT2D eigenvalue weighted by molar-refractivity contribution is 5.76. The molecule has 3 aliphatic rings. The molecule has 3 heterocycles. The van der Waals surface area contributed by atoms with E-state index in [1.807, 2.05) is 0 Å². The Kier molecular flexibility index (Phi) is 6.31. The minimum Gasteiger partial charge on any atom is -0.379 e. The molecule has 1 amide bonds. The first-order valence-corrected chi connectivity index (χ1v) is 9.51. The molecule has 3 saturated heterocycles. The van der Waals surface area contributed by atoms with Gasteiger partial charge in [-0.25, -0.2) is 0 Å². The fourth-order valence-electron chi connectivity index (χ4n) is 4.29. The van der Waals surface area contributed by atoms with Crippen LogP contribution < -0.4 is 5.32 Å². The van der Waals surface area contributed by atoms with Gasteiger partial charge in [-0.3, -0.25) is 9.69 Å². The summed E-state index contributed by atoms with van der Waals surface area (Å²) in [7, 11) is 0. The normalized spacial score (nSPS) is 31.3. The molecule has 0 bridgehead atoms. The molecule has 1 N–H and O–H groups in total. The van der Waals surface area contributed by atoms with Gasteiger partial charge in [-0.15, -0.1) is 0 Å². The summed E-state index contributed by atoms with van der Waals surface area (Å²) in [5, 5.41) is 3.47. The van der Waals surface area contributed by atoms with Crippen molar-refractivity contribution >= 4 is 5.91 Å². The largest absolute Gasteiger partial charge is 0.379 e. The van der Waals surface area contributed by atoms with Crippen LogP contribution in [0.2, 0.25) is 0 Å². The Morgan fingerprint density at radius 2 is 2.09 bits per heavy atom. The predicted octanol–water partition coefficient (Wildman–Crippen LogP) is 1.19. The molecule has 5 heteroatoms. The van der Waals surface area contributed by atoms with Crippen LogP contribution in [0.4, 0.5) is 0 Å². The average molecular weight is 323 g/mol. The Bertz CT molecular complexity index is 378. The SMILES string of the molecule is CC(CC(=O)N1CCC(CN2CCOCC2)C1)C1CCCNC1. The second kappa shape index (κ2) is 8.45. The third-order valence-electron chi connectivity index (χ3n) is 5.89. The molecule has 3 rings (SSSR count). The Balaban J connectivity index is 1.39. The molecule has 3 aliphatic heterocycles. The van der Waals surface area contributed by atoms with Gasteiger partial charge in [0.1, 0.15) is 0 Å². The highest BCUT2D eigenvalue weighted by Gasteiger charge is 2.30. The molecule has 3 fully saturated rings. The zero-order valence-corrected chi connectivity index (χ0v) is 14.6. The van der Waals surface area contributed by atoms with Gasteiger partial charge in [0.15, 0.2) is 0 Å². The lowest BCUT2D eigenvalue weighted by Crippen LogP contribution is -2.40. The van der Waals surface area contributed by atoms with Gasteiger partial charge in [0.2, 0.25) is 5.91 Å². The van der Waals surface area contributed by atoms with Crippen molar-refractivity contribution in [2.45, 2.75) is 32.6 Å². The first kappa shape index (κ1) is 17.2. The van der Waals surface area contributed by atoms with Crippen molar-refractivity contribution in [3.63, 3.8) is 0 Å². The van der Waals surface area contributed by atoms with Crippen molar-refractivity contribution in [3.05, 3.63) is 0 Å². The second-order valence-electron chi connectivity index (χ2n) is 7.70. The number of carbonyl (C=O) groups is 1. The molecule has 0 saturated carbocycles. The minimum atomic E-state index is 0.382. The zero-order chi connectivity index (χ0) is 16.1. The maximum Gasteiger partial charge on any atom is 0.222 e. The Morgan fingerprint density at radius 1 is 1.26 bits per heavy atom. The van der Waals surface area contributed by atoms with Crippen LogP contribution in [0.25, 0.3) is 0 Å². The molecule has 3 unspecified atom stereocenters. The molecule has 23 heavy (non-hydrogen) atoms. The van der Waals surface area contributed by atoms with Gasteiger partial charge < -0.3 is 15.0 Å². The monoisotopic (exact) mass is 323 g/mol. The number of carbonyl (C=O) groups excluding carboxylic acids is 1. The number of ether oxygens (including phenoxy) is 1. The average Bonchev–Trinajstić information content (AvgIpc) is 3.05. The first-order valence-electron chi connectivity index (χ1n) is 9.51. The highest BCUT2D eigenvalue weighted by atomic mass is 16.5. The van der Waals surface area contributed by atoms with Gasteiger partial charge in [-0.05, 0) is 50.1 Å². The first-order chi connectivity index (χ1) is 11.2. The van der Waals surface area contributed by atoms with Crippen LogP contribution in [0.1, 0.15) is 32.6 Å². The standard InChI is InChI=1S/C18H33N3O2/c1-15(17-3-2-5-19-12-17)11-18(22)21-6-4-16(14-21)13-20-7-9-23-10-8-20/h15-17,19H,2-14H2,1H3. The van der Waals surface area contributed by atoms with Crippen molar-refractivity contribution in [2.24, 2.45) is 17.8 Å². The van der Waals surface area contributed by atoms with Gasteiger partial charge >= 0.3 is 0 Å². The predicted molar refractivity (Wildman–Crippen MR) is 91.3 cm³/mol. The number of piperidine rings is 1. The van der Waals surface area contributed by atoms with E-state index in [9.17, 15) is 4.79 Å². The fourth-order valence-corrected chi connectivity index (χ4v) is 4.29. The van der Waals surface area contributed by atoms with Crippen LogP contribution in [0.3, 0.4) is 0 Å². The van der Waals surface area contributed by atoms with Gasteiger partial charge in [-0.2, -0.15) is 0 Å². The second-order valence-corrected chi connectivity index (χ2v) is 7.70. The fraction of sp³-hybridized carbons (Fsp3) is 0.944. The molecular weight excluding hydrogens is 290 g/mol. The van der Waals surface area contributed by atoms with Crippen LogP contribution in [0.15, 0.2) is 0 Å². The number of nitrogens with one attached hydrogen (secondary N) is 1. The van der Waals surface area contributed by atoms with Crippen LogP contribution >= 0.6 is 0 Å². The van der Waals surface area contributed by atoms with E-state index in [4.69, 9.17) is 4.74 Å². The quantitative estimate of drug-likeness (QED) is 0.826. The molecule has 0 aromatic carbocycles. The third kappa shape index (κ3) is 4.91. The number of morpholine rings is 1. The summed E-state index contributed by atoms with van der Waals surface area (Å²) in [6, 6.07) is 0. The summed E-state index contributed by atoms with van der Waals surface area (Å²) in [6.07, 6.45) is 4.44. The van der Waals surface area contributed by atoms with E-state index in [1.54, 1.807) is 0 Å². The van der Waals surface area contributed by atoms with Gasteiger partial charge in [0, 0.05) is 39.1 Å². The van der Waals surface area contributed by atoms with Crippen LogP contribution in [-0.2, 0) is 9.53 Å². The lowest BCUT2D eigenvalue weighted by atomic mass is 9.85. The summed E-state index contributed by atoms with van der Waals surface area (Å²) in [4.78, 5) is 17.2. The molecule has 0 aliphatic carbocycles. The molecule has 0 aromatic rings. The maximum atomic E-state index is 12.6. The van der Waals surface area contributed by atoms with E-state index in [2.05, 4.69) is 22.0 Å². The van der Waals surface area contributed by atoms with Crippen LogP contribution in [-0.4, -0.2) is 74.7 Å². The number of nitrogens with zero attached hydrogens (tertiary/aromatic N) is 2. The highest BCUT2D eigenvalue weighted by Crippen LogP contribution is 2.25. The summed E-state index contributed by atoms with van der Waals surface area (Å²) in [5.41, 5.74) is 0. The van der Waals surface area contributed by atoms with Gasteiger partial charge in [-0.1, -0.05) is 6.92 Å². The van der Waals surface area contributed by atoms with Crippen molar-refractivity contribution in [1.29, 1.82) is 0 Å². The lowest BCUT2D eigenvalue weighted by molar-refractivity contribution is -0.131. The molecule has 5 nitrogen and oxygen atoms in total. The minimum absolute atomic E-state index is 0.382. The van der Waals surface area contributed by atoms with E-state index in [0.717, 1.165) is 65.4 Å². The summed E-state index contributed by atoms with van der Waals surface area (Å²) >= 11 is 0. The number of hydrogen-bond donors (Lipinski definition) is 1.